The maximum absolute atomic E-state index is 14.1. The highest BCUT2D eigenvalue weighted by Crippen LogP contribution is 2.30. The molecule has 5 rings (SSSR count). The Morgan fingerprint density at radius 3 is 2.52 bits per heavy atom. The molecule has 1 N–H and O–H groups in total. The molecule has 0 radical (unpaired) electrons. The largest absolute Gasteiger partial charge is 0.338 e. The lowest BCUT2D eigenvalue weighted by atomic mass is 10.2. The van der Waals surface area contributed by atoms with Crippen LogP contribution in [0, 0.1) is 5.82 Å². The number of pyridine rings is 1. The summed E-state index contributed by atoms with van der Waals surface area (Å²) in [4.78, 5) is 6.08. The number of para-hydroxylation sites is 2. The summed E-state index contributed by atoms with van der Waals surface area (Å²) in [5.74, 6) is -0.578. The third kappa shape index (κ3) is 3.99. The molecule has 0 amide bonds. The number of benzene rings is 2. The standard InChI is InChI=1S/C21H20FN5O4S2/c22-16-6-2-7-17-21(16)24-19(25-32(17,28)29)14-26-10-12-27(13-11-26)33(30,31)18-8-1-4-15-5-3-9-23-20(15)18/h1-9H,10-14H2,(H,24,25). The van der Waals surface area contributed by atoms with Crippen LogP contribution in [0.15, 0.2) is 68.9 Å². The molecule has 1 aromatic heterocycles. The van der Waals surface area contributed by atoms with Crippen molar-refractivity contribution in [1.29, 1.82) is 0 Å². The Labute approximate surface area is 190 Å². The van der Waals surface area contributed by atoms with Gasteiger partial charge in [-0.2, -0.15) is 12.7 Å². The van der Waals surface area contributed by atoms with Gasteiger partial charge in [0.1, 0.15) is 21.4 Å². The van der Waals surface area contributed by atoms with E-state index in [1.54, 1.807) is 24.4 Å². The molecule has 1 saturated heterocycles. The molecule has 0 aliphatic carbocycles. The second kappa shape index (κ2) is 8.13. The van der Waals surface area contributed by atoms with E-state index in [4.69, 9.17) is 0 Å². The first kappa shape index (κ1) is 21.9. The van der Waals surface area contributed by atoms with E-state index >= 15 is 0 Å². The van der Waals surface area contributed by atoms with Crippen molar-refractivity contribution in [2.75, 3.05) is 38.0 Å². The van der Waals surface area contributed by atoms with Gasteiger partial charge in [0.15, 0.2) is 0 Å². The van der Waals surface area contributed by atoms with Crippen LogP contribution < -0.4 is 5.32 Å². The van der Waals surface area contributed by atoms with Crippen molar-refractivity contribution in [2.24, 2.45) is 4.40 Å². The molecule has 9 nitrogen and oxygen atoms in total. The van der Waals surface area contributed by atoms with E-state index in [-0.39, 0.29) is 40.9 Å². The summed E-state index contributed by atoms with van der Waals surface area (Å²) < 4.78 is 70.7. The summed E-state index contributed by atoms with van der Waals surface area (Å²) in [5, 5.41) is 3.51. The van der Waals surface area contributed by atoms with Crippen LogP contribution in [-0.2, 0) is 20.0 Å². The average Bonchev–Trinajstić information content (AvgIpc) is 2.79. The van der Waals surface area contributed by atoms with Crippen LogP contribution in [0.2, 0.25) is 0 Å². The van der Waals surface area contributed by atoms with Crippen LogP contribution in [0.3, 0.4) is 0 Å². The molecule has 172 valence electrons. The number of nitrogens with one attached hydrogen (secondary N) is 1. The van der Waals surface area contributed by atoms with Gasteiger partial charge in [0.05, 0.1) is 17.7 Å². The fraction of sp³-hybridized carbons (Fsp3) is 0.238. The third-order valence-electron chi connectivity index (χ3n) is 5.67. The van der Waals surface area contributed by atoms with Crippen molar-refractivity contribution in [3.05, 3.63) is 60.5 Å². The highest BCUT2D eigenvalue weighted by molar-refractivity contribution is 7.90. The number of sulfonamides is 2. The van der Waals surface area contributed by atoms with Gasteiger partial charge in [0.2, 0.25) is 10.0 Å². The van der Waals surface area contributed by atoms with E-state index in [1.165, 1.54) is 22.5 Å². The normalized spacial score (nSPS) is 19.0. The number of anilines is 1. The number of hydrogen-bond acceptors (Lipinski definition) is 7. The number of rotatable bonds is 4. The smallest absolute Gasteiger partial charge is 0.286 e. The lowest BCUT2D eigenvalue weighted by molar-refractivity contribution is 0.209. The summed E-state index contributed by atoms with van der Waals surface area (Å²) in [6.07, 6.45) is 1.56. The minimum Gasteiger partial charge on any atom is -0.338 e. The zero-order valence-electron chi connectivity index (χ0n) is 17.3. The first-order valence-electron chi connectivity index (χ1n) is 10.2. The quantitative estimate of drug-likeness (QED) is 0.596. The molecular formula is C21H20FN5O4S2. The van der Waals surface area contributed by atoms with E-state index in [1.807, 2.05) is 17.0 Å². The maximum atomic E-state index is 14.1. The number of hydrogen-bond donors (Lipinski definition) is 1. The average molecular weight is 490 g/mol. The van der Waals surface area contributed by atoms with Crippen LogP contribution in [0.4, 0.5) is 10.1 Å². The number of amidine groups is 1. The summed E-state index contributed by atoms with van der Waals surface area (Å²) in [6.45, 7) is 1.29. The van der Waals surface area contributed by atoms with Crippen molar-refractivity contribution in [3.8, 4) is 0 Å². The van der Waals surface area contributed by atoms with Gasteiger partial charge in [0.25, 0.3) is 10.0 Å². The topological polar surface area (TPSA) is 112 Å². The number of aromatic nitrogens is 1. The second-order valence-electron chi connectivity index (χ2n) is 7.76. The Morgan fingerprint density at radius 2 is 1.73 bits per heavy atom. The molecule has 0 saturated carbocycles. The highest BCUT2D eigenvalue weighted by Gasteiger charge is 2.32. The molecular weight excluding hydrogens is 469 g/mol. The SMILES string of the molecule is O=S1(=O)N=C(CN2CCN(S(=O)(=O)c3cccc4cccnc34)CC2)Nc2c(F)cccc21. The lowest BCUT2D eigenvalue weighted by Crippen LogP contribution is -2.50. The minimum absolute atomic E-state index is 0.0992. The van der Waals surface area contributed by atoms with Gasteiger partial charge in [-0.15, -0.1) is 4.40 Å². The lowest BCUT2D eigenvalue weighted by Gasteiger charge is -2.34. The summed E-state index contributed by atoms with van der Waals surface area (Å²) in [5.41, 5.74) is 0.307. The summed E-state index contributed by atoms with van der Waals surface area (Å²) >= 11 is 0. The zero-order valence-corrected chi connectivity index (χ0v) is 19.0. The second-order valence-corrected chi connectivity index (χ2v) is 11.2. The van der Waals surface area contributed by atoms with Crippen LogP contribution in [0.1, 0.15) is 0 Å². The van der Waals surface area contributed by atoms with Crippen LogP contribution in [0.5, 0.6) is 0 Å². The molecule has 1 fully saturated rings. The molecule has 0 bridgehead atoms. The maximum Gasteiger partial charge on any atom is 0.286 e. The van der Waals surface area contributed by atoms with E-state index < -0.39 is 25.9 Å². The Bertz CT molecular complexity index is 1480. The molecule has 0 atom stereocenters. The van der Waals surface area contributed by atoms with Gasteiger partial charge in [-0.1, -0.05) is 24.3 Å². The monoisotopic (exact) mass is 489 g/mol. The van der Waals surface area contributed by atoms with Gasteiger partial charge in [-0.05, 0) is 24.3 Å². The molecule has 0 unspecified atom stereocenters. The van der Waals surface area contributed by atoms with E-state index in [2.05, 4.69) is 14.7 Å². The van der Waals surface area contributed by atoms with Gasteiger partial charge < -0.3 is 5.32 Å². The van der Waals surface area contributed by atoms with Gasteiger partial charge in [-0.25, -0.2) is 12.8 Å². The number of nitrogens with zero attached hydrogens (tertiary/aromatic N) is 4. The Hall–Kier alpha value is -2.93. The predicted molar refractivity (Wildman–Crippen MR) is 122 cm³/mol. The number of piperazine rings is 1. The van der Waals surface area contributed by atoms with Crippen molar-refractivity contribution in [2.45, 2.75) is 9.79 Å². The molecule has 2 aromatic carbocycles. The van der Waals surface area contributed by atoms with Crippen LogP contribution >= 0.6 is 0 Å². The molecule has 2 aliphatic rings. The highest BCUT2D eigenvalue weighted by atomic mass is 32.2. The number of halogens is 1. The number of fused-ring (bicyclic) bond motifs is 2. The molecule has 12 heteroatoms. The van der Waals surface area contributed by atoms with Crippen molar-refractivity contribution in [1.82, 2.24) is 14.2 Å². The van der Waals surface area contributed by atoms with E-state index in [9.17, 15) is 21.2 Å². The van der Waals surface area contributed by atoms with Crippen LogP contribution in [0.25, 0.3) is 10.9 Å². The zero-order chi connectivity index (χ0) is 23.2. The van der Waals surface area contributed by atoms with Crippen LogP contribution in [-0.4, -0.2) is 69.6 Å². The molecule has 3 heterocycles. The van der Waals surface area contributed by atoms with Gasteiger partial charge in [-0.3, -0.25) is 9.88 Å². The summed E-state index contributed by atoms with van der Waals surface area (Å²) in [6, 6.07) is 12.4. The Morgan fingerprint density at radius 1 is 1.00 bits per heavy atom. The predicted octanol–water partition coefficient (Wildman–Crippen LogP) is 1.89. The molecule has 2 aliphatic heterocycles. The fourth-order valence-corrected chi connectivity index (χ4v) is 6.77. The van der Waals surface area contributed by atoms with E-state index in [0.29, 0.717) is 18.6 Å². The van der Waals surface area contributed by atoms with Crippen molar-refractivity contribution < 1.29 is 21.2 Å². The minimum atomic E-state index is -4.01. The van der Waals surface area contributed by atoms with Gasteiger partial charge >= 0.3 is 0 Å². The Kier molecular flexibility index (Phi) is 5.40. The molecule has 3 aromatic rings. The van der Waals surface area contributed by atoms with Crippen molar-refractivity contribution >= 4 is 42.5 Å². The van der Waals surface area contributed by atoms with Gasteiger partial charge in [0, 0.05) is 37.8 Å². The first-order valence-corrected chi connectivity index (χ1v) is 13.1. The summed E-state index contributed by atoms with van der Waals surface area (Å²) in [7, 11) is -7.77. The molecule has 0 spiro atoms. The first-order chi connectivity index (χ1) is 15.8. The van der Waals surface area contributed by atoms with E-state index in [0.717, 1.165) is 5.39 Å². The fourth-order valence-electron chi connectivity index (χ4n) is 4.03. The third-order valence-corrected chi connectivity index (χ3v) is 8.96. The Balaban J connectivity index is 1.31. The molecule has 33 heavy (non-hydrogen) atoms. The van der Waals surface area contributed by atoms with Crippen molar-refractivity contribution in [3.63, 3.8) is 0 Å².